The highest BCUT2D eigenvalue weighted by Gasteiger charge is 2.48. The summed E-state index contributed by atoms with van der Waals surface area (Å²) in [7, 11) is -3.29. The Bertz CT molecular complexity index is 450. The van der Waals surface area contributed by atoms with Crippen LogP contribution in [-0.4, -0.2) is 36.6 Å². The molecule has 1 rings (SSSR count). The SMILES string of the molecule is CCOP(=O)(OCC)[C@H]1C[C@H](C(=O)OC(C)(C)C)[C@@H](CC(C)C)N1. The van der Waals surface area contributed by atoms with E-state index in [0.717, 1.165) is 6.42 Å². The van der Waals surface area contributed by atoms with Crippen molar-refractivity contribution in [2.75, 3.05) is 13.2 Å². The molecule has 1 aliphatic heterocycles. The summed E-state index contributed by atoms with van der Waals surface area (Å²) in [6.45, 7) is 14.0. The van der Waals surface area contributed by atoms with Crippen molar-refractivity contribution in [3.63, 3.8) is 0 Å². The lowest BCUT2D eigenvalue weighted by atomic mass is 9.93. The molecule has 1 saturated heterocycles. The Hall–Kier alpha value is -0.420. The predicted octanol–water partition coefficient (Wildman–Crippen LogP) is 3.94. The fourth-order valence-electron chi connectivity index (χ4n) is 3.01. The molecule has 3 atom stereocenters. The average Bonchev–Trinajstić information content (AvgIpc) is 2.81. The number of ether oxygens (including phenoxy) is 1. The molecule has 0 aromatic heterocycles. The summed E-state index contributed by atoms with van der Waals surface area (Å²) in [6.07, 6.45) is 1.21. The van der Waals surface area contributed by atoms with Crippen LogP contribution in [0.1, 0.15) is 61.3 Å². The summed E-state index contributed by atoms with van der Waals surface area (Å²) in [5, 5.41) is 3.34. The van der Waals surface area contributed by atoms with Gasteiger partial charge in [0.25, 0.3) is 0 Å². The van der Waals surface area contributed by atoms with Crippen LogP contribution in [0.3, 0.4) is 0 Å². The van der Waals surface area contributed by atoms with Gasteiger partial charge in [0.05, 0.1) is 19.1 Å². The monoisotopic (exact) mass is 363 g/mol. The molecule has 0 spiro atoms. The first-order valence-electron chi connectivity index (χ1n) is 8.90. The highest BCUT2D eigenvalue weighted by atomic mass is 31.2. The van der Waals surface area contributed by atoms with Gasteiger partial charge in [0.2, 0.25) is 0 Å². The van der Waals surface area contributed by atoms with Crippen molar-refractivity contribution >= 4 is 13.6 Å². The van der Waals surface area contributed by atoms with E-state index in [-0.39, 0.29) is 17.9 Å². The van der Waals surface area contributed by atoms with Crippen LogP contribution in [0.5, 0.6) is 0 Å². The number of hydrogen-bond acceptors (Lipinski definition) is 6. The Morgan fingerprint density at radius 3 is 2.17 bits per heavy atom. The fraction of sp³-hybridized carbons (Fsp3) is 0.941. The lowest BCUT2D eigenvalue weighted by Gasteiger charge is -2.25. The third kappa shape index (κ3) is 6.14. The van der Waals surface area contributed by atoms with E-state index in [9.17, 15) is 9.36 Å². The second-order valence-electron chi connectivity index (χ2n) is 7.67. The van der Waals surface area contributed by atoms with Crippen LogP contribution >= 0.6 is 7.60 Å². The summed E-state index contributed by atoms with van der Waals surface area (Å²) in [5.74, 6) is -0.656. The van der Waals surface area contributed by atoms with Gasteiger partial charge in [-0.3, -0.25) is 14.7 Å². The number of hydrogen-bond donors (Lipinski definition) is 1. The highest BCUT2D eigenvalue weighted by molar-refractivity contribution is 7.54. The first-order valence-corrected chi connectivity index (χ1v) is 10.5. The van der Waals surface area contributed by atoms with Gasteiger partial charge < -0.3 is 13.8 Å². The fourth-order valence-corrected chi connectivity index (χ4v) is 5.03. The maximum atomic E-state index is 13.0. The molecule has 1 fully saturated rings. The molecule has 1 N–H and O–H groups in total. The van der Waals surface area contributed by atoms with Crippen molar-refractivity contribution in [1.82, 2.24) is 5.32 Å². The van der Waals surface area contributed by atoms with Crippen LogP contribution in [-0.2, 0) is 23.1 Å². The lowest BCUT2D eigenvalue weighted by Crippen LogP contribution is -2.38. The van der Waals surface area contributed by atoms with E-state index in [1.165, 1.54) is 0 Å². The Morgan fingerprint density at radius 1 is 1.21 bits per heavy atom. The molecule has 7 heteroatoms. The minimum absolute atomic E-state index is 0.0842. The van der Waals surface area contributed by atoms with Crippen LogP contribution in [0.25, 0.3) is 0 Å². The maximum absolute atomic E-state index is 13.0. The second kappa shape index (κ2) is 8.79. The zero-order valence-corrected chi connectivity index (χ0v) is 17.0. The van der Waals surface area contributed by atoms with E-state index >= 15 is 0 Å². The van der Waals surface area contributed by atoms with Gasteiger partial charge in [-0.25, -0.2) is 0 Å². The normalized spacial score (nSPS) is 25.2. The largest absolute Gasteiger partial charge is 0.460 e. The number of nitrogens with one attached hydrogen (secondary N) is 1. The summed E-state index contributed by atoms with van der Waals surface area (Å²) in [6, 6.07) is -0.0842. The van der Waals surface area contributed by atoms with Crippen LogP contribution < -0.4 is 5.32 Å². The van der Waals surface area contributed by atoms with Gasteiger partial charge in [-0.2, -0.15) is 0 Å². The Balaban J connectivity index is 2.97. The summed E-state index contributed by atoms with van der Waals surface area (Å²) < 4.78 is 29.5. The summed E-state index contributed by atoms with van der Waals surface area (Å²) in [5.41, 5.74) is -0.541. The third-order valence-corrected chi connectivity index (χ3v) is 6.16. The molecule has 0 aromatic carbocycles. The molecule has 0 radical (unpaired) electrons. The van der Waals surface area contributed by atoms with Crippen LogP contribution in [0.4, 0.5) is 0 Å². The molecular weight excluding hydrogens is 329 g/mol. The molecule has 0 aliphatic carbocycles. The van der Waals surface area contributed by atoms with Crippen LogP contribution in [0.15, 0.2) is 0 Å². The molecule has 142 valence electrons. The molecule has 6 nitrogen and oxygen atoms in total. The number of esters is 1. The maximum Gasteiger partial charge on any atom is 0.347 e. The molecule has 24 heavy (non-hydrogen) atoms. The van der Waals surface area contributed by atoms with Crippen LogP contribution in [0.2, 0.25) is 0 Å². The minimum atomic E-state index is -3.29. The first kappa shape index (κ1) is 21.6. The molecule has 0 amide bonds. The van der Waals surface area contributed by atoms with Crippen molar-refractivity contribution in [3.8, 4) is 0 Å². The number of carbonyl (C=O) groups is 1. The second-order valence-corrected chi connectivity index (χ2v) is 9.89. The van der Waals surface area contributed by atoms with Crippen molar-refractivity contribution in [2.45, 2.75) is 78.7 Å². The third-order valence-electron chi connectivity index (χ3n) is 3.80. The molecule has 0 saturated carbocycles. The molecule has 0 unspecified atom stereocenters. The summed E-state index contributed by atoms with van der Waals surface area (Å²) >= 11 is 0. The van der Waals surface area contributed by atoms with Crippen LogP contribution in [0, 0.1) is 11.8 Å². The molecule has 0 aromatic rings. The van der Waals surface area contributed by atoms with E-state index in [1.54, 1.807) is 13.8 Å². The number of rotatable bonds is 8. The Kier molecular flexibility index (Phi) is 7.92. The number of carbonyl (C=O) groups excluding carboxylic acids is 1. The van der Waals surface area contributed by atoms with Crippen molar-refractivity contribution < 1.29 is 23.1 Å². The van der Waals surface area contributed by atoms with Gasteiger partial charge in [0.15, 0.2) is 0 Å². The van der Waals surface area contributed by atoms with Gasteiger partial charge in [0.1, 0.15) is 11.4 Å². The molecule has 0 bridgehead atoms. The van der Waals surface area contributed by atoms with E-state index in [1.807, 2.05) is 20.8 Å². The Labute approximate surface area is 146 Å². The minimum Gasteiger partial charge on any atom is -0.460 e. The van der Waals surface area contributed by atoms with E-state index in [0.29, 0.717) is 25.6 Å². The van der Waals surface area contributed by atoms with Gasteiger partial charge >= 0.3 is 13.6 Å². The average molecular weight is 363 g/mol. The predicted molar refractivity (Wildman–Crippen MR) is 95.0 cm³/mol. The van der Waals surface area contributed by atoms with Crippen molar-refractivity contribution in [1.29, 1.82) is 0 Å². The van der Waals surface area contributed by atoms with E-state index in [2.05, 4.69) is 19.2 Å². The zero-order valence-electron chi connectivity index (χ0n) is 16.1. The quantitative estimate of drug-likeness (QED) is 0.520. The smallest absolute Gasteiger partial charge is 0.347 e. The van der Waals surface area contributed by atoms with Gasteiger partial charge in [-0.05, 0) is 53.4 Å². The van der Waals surface area contributed by atoms with Gasteiger partial charge in [-0.1, -0.05) is 13.8 Å². The van der Waals surface area contributed by atoms with Gasteiger partial charge in [0, 0.05) is 6.04 Å². The van der Waals surface area contributed by atoms with Crippen molar-refractivity contribution in [3.05, 3.63) is 0 Å². The zero-order chi connectivity index (χ0) is 18.5. The van der Waals surface area contributed by atoms with E-state index < -0.39 is 19.0 Å². The standard InChI is InChI=1S/C17H34NO5P/c1-8-21-24(20,22-9-2)15-11-13(14(18-15)10-12(3)4)16(19)23-17(5,6)7/h12-15,18H,8-11H2,1-7H3/t13-,14+,15-/m0/s1. The topological polar surface area (TPSA) is 73.9 Å². The highest BCUT2D eigenvalue weighted by Crippen LogP contribution is 2.56. The first-order chi connectivity index (χ1) is 11.0. The van der Waals surface area contributed by atoms with Gasteiger partial charge in [-0.15, -0.1) is 0 Å². The summed E-state index contributed by atoms with van der Waals surface area (Å²) in [4.78, 5) is 12.6. The molecule has 1 heterocycles. The Morgan fingerprint density at radius 2 is 1.75 bits per heavy atom. The molecule has 1 aliphatic rings. The van der Waals surface area contributed by atoms with Crippen molar-refractivity contribution in [2.24, 2.45) is 11.8 Å². The molecular formula is C17H34NO5P. The van der Waals surface area contributed by atoms with E-state index in [4.69, 9.17) is 13.8 Å². The lowest BCUT2D eigenvalue weighted by molar-refractivity contribution is -0.160.